The van der Waals surface area contributed by atoms with Crippen LogP contribution in [0.15, 0.2) is 24.5 Å². The van der Waals surface area contributed by atoms with E-state index >= 15 is 0 Å². The summed E-state index contributed by atoms with van der Waals surface area (Å²) in [5.41, 5.74) is 1.20. The second-order valence-electron chi connectivity index (χ2n) is 2.61. The van der Waals surface area contributed by atoms with Crippen molar-refractivity contribution in [3.8, 4) is 0 Å². The third kappa shape index (κ3) is 2.47. The van der Waals surface area contributed by atoms with Crippen molar-refractivity contribution < 1.29 is 0 Å². The molecule has 1 unspecified atom stereocenters. The van der Waals surface area contributed by atoms with Gasteiger partial charge in [0.2, 0.25) is 0 Å². The van der Waals surface area contributed by atoms with E-state index in [0.717, 1.165) is 6.42 Å². The van der Waals surface area contributed by atoms with Crippen molar-refractivity contribution in [1.82, 2.24) is 10.3 Å². The molecule has 1 heterocycles. The van der Waals surface area contributed by atoms with Crippen LogP contribution in [0.3, 0.4) is 0 Å². The molecule has 2 nitrogen and oxygen atoms in total. The largest absolute Gasteiger partial charge is 0.313 e. The van der Waals surface area contributed by atoms with Gasteiger partial charge in [-0.15, -0.1) is 11.6 Å². The van der Waals surface area contributed by atoms with Crippen molar-refractivity contribution in [2.75, 3.05) is 12.9 Å². The Labute approximate surface area is 78.0 Å². The average Bonchev–Trinajstić information content (AvgIpc) is 2.15. The van der Waals surface area contributed by atoms with E-state index in [0.29, 0.717) is 11.9 Å². The fraction of sp³-hybridized carbons (Fsp3) is 0.444. The predicted octanol–water partition coefficient (Wildman–Crippen LogP) is 1.97. The minimum absolute atomic E-state index is 0.330. The van der Waals surface area contributed by atoms with Crippen LogP contribution in [0.5, 0.6) is 0 Å². The number of aromatic nitrogens is 1. The quantitative estimate of drug-likeness (QED) is 0.724. The maximum atomic E-state index is 5.66. The average molecular weight is 185 g/mol. The Bertz CT molecular complexity index is 213. The second-order valence-corrected chi connectivity index (χ2v) is 2.98. The third-order valence-corrected chi connectivity index (χ3v) is 2.05. The molecule has 1 aromatic heterocycles. The normalized spacial score (nSPS) is 12.8. The van der Waals surface area contributed by atoms with Crippen LogP contribution in [-0.2, 0) is 0 Å². The van der Waals surface area contributed by atoms with Gasteiger partial charge >= 0.3 is 0 Å². The van der Waals surface area contributed by atoms with E-state index in [9.17, 15) is 0 Å². The summed E-state index contributed by atoms with van der Waals surface area (Å²) >= 11 is 5.66. The number of nitrogens with one attached hydrogen (secondary N) is 1. The molecule has 0 spiro atoms. The van der Waals surface area contributed by atoms with Gasteiger partial charge in [-0.3, -0.25) is 4.98 Å². The molecule has 0 aromatic carbocycles. The number of alkyl halides is 1. The zero-order valence-electron chi connectivity index (χ0n) is 7.13. The summed E-state index contributed by atoms with van der Waals surface area (Å²) in [5, 5.41) is 3.19. The molecule has 0 aliphatic rings. The number of hydrogen-bond donors (Lipinski definition) is 1. The molecule has 0 aliphatic carbocycles. The molecule has 66 valence electrons. The number of hydrogen-bond acceptors (Lipinski definition) is 2. The van der Waals surface area contributed by atoms with Crippen molar-refractivity contribution in [1.29, 1.82) is 0 Å². The summed E-state index contributed by atoms with van der Waals surface area (Å²) in [7, 11) is 1.93. The van der Waals surface area contributed by atoms with E-state index in [1.54, 1.807) is 6.20 Å². The molecule has 0 bridgehead atoms. The maximum absolute atomic E-state index is 5.66. The number of halogens is 1. The first-order valence-electron chi connectivity index (χ1n) is 4.01. The Kier molecular flexibility index (Phi) is 4.05. The molecule has 1 rings (SSSR count). The van der Waals surface area contributed by atoms with Crippen molar-refractivity contribution in [2.24, 2.45) is 0 Å². The monoisotopic (exact) mass is 184 g/mol. The summed E-state index contributed by atoms with van der Waals surface area (Å²) in [5.74, 6) is 0.667. The molecule has 1 aromatic rings. The van der Waals surface area contributed by atoms with Crippen molar-refractivity contribution in [3.05, 3.63) is 30.1 Å². The lowest BCUT2D eigenvalue weighted by Crippen LogP contribution is -2.16. The van der Waals surface area contributed by atoms with E-state index in [1.807, 2.05) is 19.3 Å². The second kappa shape index (κ2) is 5.12. The van der Waals surface area contributed by atoms with Gasteiger partial charge in [0, 0.05) is 24.3 Å². The first kappa shape index (κ1) is 9.49. The zero-order chi connectivity index (χ0) is 8.81. The lowest BCUT2D eigenvalue weighted by molar-refractivity contribution is 0.578. The van der Waals surface area contributed by atoms with Crippen molar-refractivity contribution in [3.63, 3.8) is 0 Å². The molecule has 12 heavy (non-hydrogen) atoms. The van der Waals surface area contributed by atoms with Gasteiger partial charge in [-0.05, 0) is 25.1 Å². The van der Waals surface area contributed by atoms with E-state index in [1.165, 1.54) is 5.56 Å². The molecule has 0 saturated carbocycles. The van der Waals surface area contributed by atoms with E-state index in [4.69, 9.17) is 11.6 Å². The highest BCUT2D eigenvalue weighted by molar-refractivity contribution is 6.17. The van der Waals surface area contributed by atoms with Gasteiger partial charge < -0.3 is 5.32 Å². The van der Waals surface area contributed by atoms with Gasteiger partial charge in [-0.2, -0.15) is 0 Å². The molecule has 0 amide bonds. The first-order chi connectivity index (χ1) is 5.88. The topological polar surface area (TPSA) is 24.9 Å². The van der Waals surface area contributed by atoms with E-state index in [-0.39, 0.29) is 0 Å². The Morgan fingerprint density at radius 3 is 3.00 bits per heavy atom. The highest BCUT2D eigenvalue weighted by Crippen LogP contribution is 2.14. The van der Waals surface area contributed by atoms with Crippen LogP contribution in [0, 0.1) is 0 Å². The van der Waals surface area contributed by atoms with Crippen LogP contribution >= 0.6 is 11.6 Å². The van der Waals surface area contributed by atoms with Crippen LogP contribution < -0.4 is 5.32 Å². The lowest BCUT2D eigenvalue weighted by Gasteiger charge is -2.13. The third-order valence-electron chi connectivity index (χ3n) is 1.83. The number of rotatable bonds is 4. The molecule has 0 aliphatic heterocycles. The van der Waals surface area contributed by atoms with E-state index in [2.05, 4.69) is 16.4 Å². The van der Waals surface area contributed by atoms with Crippen molar-refractivity contribution >= 4 is 11.6 Å². The molecule has 1 atom stereocenters. The molecular formula is C9H13ClN2. The summed E-state index contributed by atoms with van der Waals surface area (Å²) in [6.45, 7) is 0. The van der Waals surface area contributed by atoms with Gasteiger partial charge in [0.15, 0.2) is 0 Å². The Morgan fingerprint density at radius 2 is 2.50 bits per heavy atom. The molecule has 1 N–H and O–H groups in total. The summed E-state index contributed by atoms with van der Waals surface area (Å²) in [6, 6.07) is 4.32. The highest BCUT2D eigenvalue weighted by Gasteiger charge is 2.06. The number of nitrogens with zero attached hydrogens (tertiary/aromatic N) is 1. The zero-order valence-corrected chi connectivity index (χ0v) is 7.88. The van der Waals surface area contributed by atoms with Gasteiger partial charge in [0.05, 0.1) is 0 Å². The fourth-order valence-electron chi connectivity index (χ4n) is 1.17. The summed E-state index contributed by atoms with van der Waals surface area (Å²) < 4.78 is 0. The minimum Gasteiger partial charge on any atom is -0.313 e. The molecule has 0 radical (unpaired) electrons. The SMILES string of the molecule is CNC(CCCl)c1cccnc1. The van der Waals surface area contributed by atoms with E-state index < -0.39 is 0 Å². The Morgan fingerprint density at radius 1 is 1.67 bits per heavy atom. The Hall–Kier alpha value is -0.600. The summed E-state index contributed by atoms with van der Waals surface area (Å²) in [4.78, 5) is 4.05. The van der Waals surface area contributed by atoms with Crippen LogP contribution in [0.25, 0.3) is 0 Å². The molecule has 0 fully saturated rings. The Balaban J connectivity index is 2.66. The molecule has 3 heteroatoms. The summed E-state index contributed by atoms with van der Waals surface area (Å²) in [6.07, 6.45) is 4.58. The highest BCUT2D eigenvalue weighted by atomic mass is 35.5. The standard InChI is InChI=1S/C9H13ClN2/c1-11-9(4-5-10)8-3-2-6-12-7-8/h2-3,6-7,9,11H,4-5H2,1H3. The van der Waals surface area contributed by atoms with Gasteiger partial charge in [0.1, 0.15) is 0 Å². The van der Waals surface area contributed by atoms with Crippen LogP contribution in [0.4, 0.5) is 0 Å². The lowest BCUT2D eigenvalue weighted by atomic mass is 10.1. The fourth-order valence-corrected chi connectivity index (χ4v) is 1.39. The maximum Gasteiger partial charge on any atom is 0.0344 e. The molecule has 0 saturated heterocycles. The first-order valence-corrected chi connectivity index (χ1v) is 4.55. The van der Waals surface area contributed by atoms with Gasteiger partial charge in [-0.25, -0.2) is 0 Å². The predicted molar refractivity (Wildman–Crippen MR) is 51.4 cm³/mol. The van der Waals surface area contributed by atoms with Crippen LogP contribution in [0.1, 0.15) is 18.0 Å². The smallest absolute Gasteiger partial charge is 0.0344 e. The van der Waals surface area contributed by atoms with Crippen LogP contribution in [-0.4, -0.2) is 17.9 Å². The minimum atomic E-state index is 0.330. The van der Waals surface area contributed by atoms with Gasteiger partial charge in [0.25, 0.3) is 0 Å². The number of pyridine rings is 1. The molecular weight excluding hydrogens is 172 g/mol. The van der Waals surface area contributed by atoms with Crippen molar-refractivity contribution in [2.45, 2.75) is 12.5 Å². The van der Waals surface area contributed by atoms with Crippen LogP contribution in [0.2, 0.25) is 0 Å². The van der Waals surface area contributed by atoms with Gasteiger partial charge in [-0.1, -0.05) is 6.07 Å².